The first-order chi connectivity index (χ1) is 7.69. The molecule has 0 saturated heterocycles. The molecule has 4 heteroatoms. The first-order valence-corrected chi connectivity index (χ1v) is 5.36. The van der Waals surface area contributed by atoms with Gasteiger partial charge in [-0.1, -0.05) is 25.8 Å². The second kappa shape index (κ2) is 5.86. The molecule has 0 heterocycles. The van der Waals surface area contributed by atoms with Crippen LogP contribution in [0.3, 0.4) is 0 Å². The van der Waals surface area contributed by atoms with Gasteiger partial charge < -0.3 is 0 Å². The maximum Gasteiger partial charge on any atom is 0.287 e. The van der Waals surface area contributed by atoms with Gasteiger partial charge in [0.25, 0.3) is 5.69 Å². The third-order valence-electron chi connectivity index (χ3n) is 2.45. The second-order valence-corrected chi connectivity index (χ2v) is 3.68. The Hall–Kier alpha value is -1.89. The number of rotatable bonds is 5. The Morgan fingerprint density at radius 2 is 2.19 bits per heavy atom. The molecule has 16 heavy (non-hydrogen) atoms. The van der Waals surface area contributed by atoms with Gasteiger partial charge in [0.2, 0.25) is 0 Å². The summed E-state index contributed by atoms with van der Waals surface area (Å²) >= 11 is 0. The number of aryl methyl sites for hydroxylation is 1. The van der Waals surface area contributed by atoms with Gasteiger partial charge in [0.15, 0.2) is 0 Å². The molecule has 84 valence electrons. The van der Waals surface area contributed by atoms with Crippen LogP contribution in [0.5, 0.6) is 0 Å². The molecule has 0 aliphatic heterocycles. The fourth-order valence-electron chi connectivity index (χ4n) is 1.57. The number of nitrogens with zero attached hydrogens (tertiary/aromatic N) is 2. The van der Waals surface area contributed by atoms with E-state index < -0.39 is 4.92 Å². The Bertz CT molecular complexity index is 422. The molecule has 0 spiro atoms. The topological polar surface area (TPSA) is 66.9 Å². The third-order valence-corrected chi connectivity index (χ3v) is 2.45. The van der Waals surface area contributed by atoms with Crippen molar-refractivity contribution in [3.63, 3.8) is 0 Å². The average Bonchev–Trinajstić information content (AvgIpc) is 2.29. The normalized spacial score (nSPS) is 9.75. The summed E-state index contributed by atoms with van der Waals surface area (Å²) in [5.41, 5.74) is 1.04. The molecular formula is C12H14N2O2. The highest BCUT2D eigenvalue weighted by Gasteiger charge is 2.13. The minimum absolute atomic E-state index is 0.109. The van der Waals surface area contributed by atoms with E-state index in [1.54, 1.807) is 12.1 Å². The highest BCUT2D eigenvalue weighted by molar-refractivity contribution is 5.50. The number of hydrogen-bond acceptors (Lipinski definition) is 3. The van der Waals surface area contributed by atoms with Gasteiger partial charge >= 0.3 is 0 Å². The van der Waals surface area contributed by atoms with Crippen molar-refractivity contribution < 1.29 is 4.92 Å². The van der Waals surface area contributed by atoms with Crippen molar-refractivity contribution in [3.8, 4) is 6.07 Å². The van der Waals surface area contributed by atoms with Gasteiger partial charge in [-0.25, -0.2) is 0 Å². The molecule has 0 amide bonds. The number of nitro groups is 1. The van der Waals surface area contributed by atoms with Crippen molar-refractivity contribution in [1.82, 2.24) is 0 Å². The molecule has 1 rings (SSSR count). The quantitative estimate of drug-likeness (QED) is 0.433. The maximum absolute atomic E-state index is 10.6. The third kappa shape index (κ3) is 3.06. The number of hydrogen-bond donors (Lipinski definition) is 0. The standard InChI is InChI=1S/C12H14N2O2/c1-2-3-4-5-10-6-7-12(14(15)16)11(8-10)9-13/h6-8H,2-5H2,1H3. The molecule has 4 nitrogen and oxygen atoms in total. The molecule has 0 bridgehead atoms. The SMILES string of the molecule is CCCCCc1ccc([N+](=O)[O-])c(C#N)c1. The minimum atomic E-state index is -0.519. The van der Waals surface area contributed by atoms with E-state index in [-0.39, 0.29) is 11.3 Å². The first-order valence-electron chi connectivity index (χ1n) is 5.36. The fraction of sp³-hybridized carbons (Fsp3) is 0.417. The van der Waals surface area contributed by atoms with Crippen molar-refractivity contribution in [3.05, 3.63) is 39.4 Å². The number of nitriles is 1. The van der Waals surface area contributed by atoms with Crippen molar-refractivity contribution >= 4 is 5.69 Å². The Balaban J connectivity index is 2.84. The molecule has 0 fully saturated rings. The largest absolute Gasteiger partial charge is 0.287 e. The number of nitro benzene ring substituents is 1. The molecule has 1 aromatic rings. The van der Waals surface area contributed by atoms with Crippen LogP contribution >= 0.6 is 0 Å². The van der Waals surface area contributed by atoms with Crippen LogP contribution in [-0.2, 0) is 6.42 Å². The summed E-state index contributed by atoms with van der Waals surface area (Å²) < 4.78 is 0. The number of unbranched alkanes of at least 4 members (excludes halogenated alkanes) is 2. The second-order valence-electron chi connectivity index (χ2n) is 3.68. The smallest absolute Gasteiger partial charge is 0.258 e. The van der Waals surface area contributed by atoms with Crippen molar-refractivity contribution in [2.45, 2.75) is 32.6 Å². The van der Waals surface area contributed by atoms with Gasteiger partial charge in [0.05, 0.1) is 4.92 Å². The summed E-state index contributed by atoms with van der Waals surface area (Å²) in [5.74, 6) is 0. The zero-order valence-corrected chi connectivity index (χ0v) is 9.27. The highest BCUT2D eigenvalue weighted by Crippen LogP contribution is 2.20. The van der Waals surface area contributed by atoms with Crippen LogP contribution in [-0.4, -0.2) is 4.92 Å². The van der Waals surface area contributed by atoms with Gasteiger partial charge in [-0.05, 0) is 24.5 Å². The molecule has 0 aliphatic carbocycles. The van der Waals surface area contributed by atoms with Crippen LogP contribution in [0, 0.1) is 21.4 Å². The van der Waals surface area contributed by atoms with E-state index in [1.807, 2.05) is 6.07 Å². The Labute approximate surface area is 94.7 Å². The van der Waals surface area contributed by atoms with Crippen molar-refractivity contribution in [2.24, 2.45) is 0 Å². The summed E-state index contributed by atoms with van der Waals surface area (Å²) in [5, 5.41) is 19.4. The van der Waals surface area contributed by atoms with Gasteiger partial charge in [0.1, 0.15) is 11.6 Å². The Kier molecular flexibility index (Phi) is 4.46. The molecular weight excluding hydrogens is 204 g/mol. The fourth-order valence-corrected chi connectivity index (χ4v) is 1.57. The lowest BCUT2D eigenvalue weighted by Crippen LogP contribution is -1.94. The van der Waals surface area contributed by atoms with E-state index in [1.165, 1.54) is 6.07 Å². The van der Waals surface area contributed by atoms with E-state index in [0.29, 0.717) is 0 Å². The summed E-state index contributed by atoms with van der Waals surface area (Å²) in [4.78, 5) is 10.1. The van der Waals surface area contributed by atoms with E-state index in [2.05, 4.69) is 6.92 Å². The Morgan fingerprint density at radius 3 is 2.75 bits per heavy atom. The van der Waals surface area contributed by atoms with Crippen LogP contribution in [0.2, 0.25) is 0 Å². The van der Waals surface area contributed by atoms with Crippen LogP contribution < -0.4 is 0 Å². The van der Waals surface area contributed by atoms with Crippen molar-refractivity contribution in [1.29, 1.82) is 5.26 Å². The van der Waals surface area contributed by atoms with Gasteiger partial charge in [-0.2, -0.15) is 5.26 Å². The average molecular weight is 218 g/mol. The molecule has 0 saturated carbocycles. The van der Waals surface area contributed by atoms with Crippen LogP contribution in [0.1, 0.15) is 37.3 Å². The summed E-state index contributed by atoms with van der Waals surface area (Å²) in [6.45, 7) is 2.12. The summed E-state index contributed by atoms with van der Waals surface area (Å²) in [6, 6.07) is 6.63. The molecule has 0 unspecified atom stereocenters. The molecule has 1 aromatic carbocycles. The number of benzene rings is 1. The molecule has 0 atom stereocenters. The van der Waals surface area contributed by atoms with Gasteiger partial charge in [0, 0.05) is 6.07 Å². The summed E-state index contributed by atoms with van der Waals surface area (Å²) in [7, 11) is 0. The van der Waals surface area contributed by atoms with Crippen LogP contribution in [0.4, 0.5) is 5.69 Å². The lowest BCUT2D eigenvalue weighted by Gasteiger charge is -2.01. The maximum atomic E-state index is 10.6. The van der Waals surface area contributed by atoms with Gasteiger partial charge in [-0.3, -0.25) is 10.1 Å². The Morgan fingerprint density at radius 1 is 1.44 bits per heavy atom. The lowest BCUT2D eigenvalue weighted by atomic mass is 10.0. The van der Waals surface area contributed by atoms with E-state index in [9.17, 15) is 10.1 Å². The zero-order chi connectivity index (χ0) is 12.0. The summed E-state index contributed by atoms with van der Waals surface area (Å²) in [6.07, 6.45) is 4.21. The zero-order valence-electron chi connectivity index (χ0n) is 9.27. The van der Waals surface area contributed by atoms with Crippen LogP contribution in [0.25, 0.3) is 0 Å². The highest BCUT2D eigenvalue weighted by atomic mass is 16.6. The molecule has 0 radical (unpaired) electrons. The van der Waals surface area contributed by atoms with Crippen LogP contribution in [0.15, 0.2) is 18.2 Å². The van der Waals surface area contributed by atoms with E-state index in [4.69, 9.17) is 5.26 Å². The first kappa shape index (κ1) is 12.2. The monoisotopic (exact) mass is 218 g/mol. The minimum Gasteiger partial charge on any atom is -0.258 e. The van der Waals surface area contributed by atoms with E-state index in [0.717, 1.165) is 31.2 Å². The molecule has 0 aliphatic rings. The van der Waals surface area contributed by atoms with E-state index >= 15 is 0 Å². The van der Waals surface area contributed by atoms with Crippen molar-refractivity contribution in [2.75, 3.05) is 0 Å². The predicted octanol–water partition coefficient (Wildman–Crippen LogP) is 3.20. The lowest BCUT2D eigenvalue weighted by molar-refractivity contribution is -0.385. The molecule has 0 N–H and O–H groups in total. The molecule has 0 aromatic heterocycles. The van der Waals surface area contributed by atoms with Gasteiger partial charge in [-0.15, -0.1) is 0 Å². The predicted molar refractivity (Wildman–Crippen MR) is 61.0 cm³/mol.